The van der Waals surface area contributed by atoms with Crippen molar-refractivity contribution in [3.05, 3.63) is 112 Å². The fourth-order valence-electron chi connectivity index (χ4n) is 4.30. The zero-order valence-electron chi connectivity index (χ0n) is 19.7. The molecule has 0 spiro atoms. The van der Waals surface area contributed by atoms with Crippen LogP contribution in [0.1, 0.15) is 22.0 Å². The molecule has 6 nitrogen and oxygen atoms in total. The highest BCUT2D eigenvalue weighted by molar-refractivity contribution is 7.10. The van der Waals surface area contributed by atoms with Crippen molar-refractivity contribution in [2.45, 2.75) is 13.0 Å². The Bertz CT molecular complexity index is 1440. The zero-order chi connectivity index (χ0) is 25.2. The van der Waals surface area contributed by atoms with Crippen molar-refractivity contribution in [2.24, 2.45) is 0 Å². The Kier molecular flexibility index (Phi) is 6.31. The van der Waals surface area contributed by atoms with Crippen LogP contribution in [0, 0.1) is 6.92 Å². The number of thiophene rings is 1. The second-order valence-corrected chi connectivity index (χ2v) is 9.26. The van der Waals surface area contributed by atoms with E-state index >= 15 is 0 Å². The quantitative estimate of drug-likeness (QED) is 0.187. The van der Waals surface area contributed by atoms with Gasteiger partial charge in [0, 0.05) is 16.1 Å². The number of ether oxygens (including phenoxy) is 2. The van der Waals surface area contributed by atoms with Crippen molar-refractivity contribution < 1.29 is 24.2 Å². The van der Waals surface area contributed by atoms with E-state index in [0.717, 1.165) is 10.4 Å². The zero-order valence-corrected chi connectivity index (χ0v) is 20.5. The van der Waals surface area contributed by atoms with Crippen LogP contribution in [-0.2, 0) is 9.59 Å². The second-order valence-electron chi connectivity index (χ2n) is 8.28. The van der Waals surface area contributed by atoms with Crippen molar-refractivity contribution in [2.75, 3.05) is 12.0 Å². The summed E-state index contributed by atoms with van der Waals surface area (Å²) in [5, 5.41) is 13.1. The molecule has 1 aromatic heterocycles. The molecule has 4 aromatic rings. The van der Waals surface area contributed by atoms with Crippen molar-refractivity contribution in [1.29, 1.82) is 0 Å². The van der Waals surface area contributed by atoms with E-state index in [9.17, 15) is 14.7 Å². The first kappa shape index (κ1) is 23.4. The van der Waals surface area contributed by atoms with Crippen molar-refractivity contribution in [3.8, 4) is 17.2 Å². The SMILES string of the molecule is COc1ccc(/C(O)=C2/C(=O)C(=O)N(c3ccc(Oc4ccccc4)cc3)C2c2cccs2)cc1C. The molecule has 1 amide bonds. The van der Waals surface area contributed by atoms with E-state index in [0.29, 0.717) is 28.5 Å². The van der Waals surface area contributed by atoms with Gasteiger partial charge in [-0.2, -0.15) is 0 Å². The van der Waals surface area contributed by atoms with Crippen LogP contribution in [0.5, 0.6) is 17.2 Å². The fourth-order valence-corrected chi connectivity index (χ4v) is 5.12. The molecule has 1 N–H and O–H groups in total. The van der Waals surface area contributed by atoms with Crippen LogP contribution in [0.25, 0.3) is 5.76 Å². The summed E-state index contributed by atoms with van der Waals surface area (Å²) in [4.78, 5) is 28.8. The van der Waals surface area contributed by atoms with E-state index in [-0.39, 0.29) is 11.3 Å². The van der Waals surface area contributed by atoms with Gasteiger partial charge in [-0.25, -0.2) is 0 Å². The molecule has 1 atom stereocenters. The molecule has 0 saturated carbocycles. The maximum atomic E-state index is 13.3. The number of aliphatic hydroxyl groups is 1. The van der Waals surface area contributed by atoms with Gasteiger partial charge in [-0.3, -0.25) is 14.5 Å². The third-order valence-electron chi connectivity index (χ3n) is 6.02. The highest BCUT2D eigenvalue weighted by Gasteiger charge is 2.47. The van der Waals surface area contributed by atoms with Gasteiger partial charge in [0.1, 0.15) is 29.0 Å². The summed E-state index contributed by atoms with van der Waals surface area (Å²) in [7, 11) is 1.57. The van der Waals surface area contributed by atoms with Gasteiger partial charge < -0.3 is 14.6 Å². The topological polar surface area (TPSA) is 76.1 Å². The van der Waals surface area contributed by atoms with E-state index < -0.39 is 17.7 Å². The summed E-state index contributed by atoms with van der Waals surface area (Å²) in [5.41, 5.74) is 1.83. The third-order valence-corrected chi connectivity index (χ3v) is 6.94. The Labute approximate surface area is 212 Å². The maximum absolute atomic E-state index is 13.3. The maximum Gasteiger partial charge on any atom is 0.300 e. The Morgan fingerprint density at radius 1 is 0.917 bits per heavy atom. The van der Waals surface area contributed by atoms with E-state index in [1.165, 1.54) is 16.2 Å². The van der Waals surface area contributed by atoms with Gasteiger partial charge in [0.15, 0.2) is 0 Å². The van der Waals surface area contributed by atoms with Crippen LogP contribution in [0.3, 0.4) is 0 Å². The van der Waals surface area contributed by atoms with Crippen molar-refractivity contribution >= 4 is 34.5 Å². The van der Waals surface area contributed by atoms with Gasteiger partial charge in [0.25, 0.3) is 11.7 Å². The van der Waals surface area contributed by atoms with Crippen LogP contribution in [0.2, 0.25) is 0 Å². The Hall–Kier alpha value is -4.36. The first-order valence-electron chi connectivity index (χ1n) is 11.3. The minimum absolute atomic E-state index is 0.0524. The van der Waals surface area contributed by atoms with Gasteiger partial charge in [-0.05, 0) is 78.5 Å². The van der Waals surface area contributed by atoms with Gasteiger partial charge >= 0.3 is 0 Å². The Morgan fingerprint density at radius 3 is 2.28 bits per heavy atom. The summed E-state index contributed by atoms with van der Waals surface area (Å²) in [6, 6.07) is 24.4. The molecule has 1 saturated heterocycles. The number of hydrogen-bond donors (Lipinski definition) is 1. The first-order valence-corrected chi connectivity index (χ1v) is 12.2. The van der Waals surface area contributed by atoms with Gasteiger partial charge in [-0.15, -0.1) is 11.3 Å². The van der Waals surface area contributed by atoms with E-state index in [1.54, 1.807) is 49.6 Å². The molecule has 1 aliphatic rings. The number of ketones is 1. The molecule has 180 valence electrons. The normalized spacial score (nSPS) is 16.8. The predicted molar refractivity (Wildman–Crippen MR) is 140 cm³/mol. The van der Waals surface area contributed by atoms with Gasteiger partial charge in [0.05, 0.1) is 12.7 Å². The largest absolute Gasteiger partial charge is 0.507 e. The molecule has 3 aromatic carbocycles. The molecule has 0 aliphatic carbocycles. The minimum atomic E-state index is -0.756. The lowest BCUT2D eigenvalue weighted by atomic mass is 9.98. The number of hydrogen-bond acceptors (Lipinski definition) is 6. The molecule has 7 heteroatoms. The fraction of sp³-hybridized carbons (Fsp3) is 0.103. The highest BCUT2D eigenvalue weighted by Crippen LogP contribution is 2.44. The number of aliphatic hydroxyl groups excluding tert-OH is 1. The van der Waals surface area contributed by atoms with E-state index in [1.807, 2.05) is 54.8 Å². The first-order chi connectivity index (χ1) is 17.5. The number of Topliss-reactive ketones (excluding diaryl/α,β-unsaturated/α-hetero) is 1. The molecule has 0 radical (unpaired) electrons. The van der Waals surface area contributed by atoms with E-state index in [2.05, 4.69) is 0 Å². The Balaban J connectivity index is 1.56. The molecule has 0 bridgehead atoms. The summed E-state index contributed by atoms with van der Waals surface area (Å²) in [5.74, 6) is 0.312. The monoisotopic (exact) mass is 497 g/mol. The lowest BCUT2D eigenvalue weighted by Crippen LogP contribution is -2.29. The number of carbonyl (C=O) groups excluding carboxylic acids is 2. The smallest absolute Gasteiger partial charge is 0.300 e. The number of methoxy groups -OCH3 is 1. The number of benzene rings is 3. The van der Waals surface area contributed by atoms with Crippen LogP contribution in [0.15, 0.2) is 95.9 Å². The number of amides is 1. The Morgan fingerprint density at radius 2 is 1.64 bits per heavy atom. The van der Waals surface area contributed by atoms with Crippen LogP contribution in [-0.4, -0.2) is 23.9 Å². The van der Waals surface area contributed by atoms with E-state index in [4.69, 9.17) is 9.47 Å². The second kappa shape index (κ2) is 9.71. The molecule has 36 heavy (non-hydrogen) atoms. The summed E-state index contributed by atoms with van der Waals surface area (Å²) in [6.45, 7) is 1.85. The number of aryl methyl sites for hydroxylation is 1. The van der Waals surface area contributed by atoms with Crippen LogP contribution >= 0.6 is 11.3 Å². The molecular formula is C29H23NO5S. The molecular weight excluding hydrogens is 474 g/mol. The molecule has 1 aliphatic heterocycles. The van der Waals surface area contributed by atoms with Crippen LogP contribution < -0.4 is 14.4 Å². The summed E-state index contributed by atoms with van der Waals surface area (Å²) < 4.78 is 11.2. The number of carbonyl (C=O) groups is 2. The number of anilines is 1. The molecule has 2 heterocycles. The van der Waals surface area contributed by atoms with Gasteiger partial charge in [0.2, 0.25) is 0 Å². The number of rotatable bonds is 6. The highest BCUT2D eigenvalue weighted by atomic mass is 32.1. The van der Waals surface area contributed by atoms with Crippen molar-refractivity contribution in [3.63, 3.8) is 0 Å². The molecule has 1 unspecified atom stereocenters. The summed E-state index contributed by atoms with van der Waals surface area (Å²) >= 11 is 1.42. The molecule has 5 rings (SSSR count). The van der Waals surface area contributed by atoms with Crippen molar-refractivity contribution in [1.82, 2.24) is 0 Å². The lowest BCUT2D eigenvalue weighted by molar-refractivity contribution is -0.132. The third kappa shape index (κ3) is 4.25. The lowest BCUT2D eigenvalue weighted by Gasteiger charge is -2.24. The predicted octanol–water partition coefficient (Wildman–Crippen LogP) is 6.48. The average Bonchev–Trinajstić information content (AvgIpc) is 3.52. The number of nitrogens with zero attached hydrogens (tertiary/aromatic N) is 1. The molecule has 1 fully saturated rings. The summed E-state index contributed by atoms with van der Waals surface area (Å²) in [6.07, 6.45) is 0. The standard InChI is InChI=1S/C29H23NO5S/c1-18-17-19(10-15-23(18)34-2)27(31)25-26(24-9-6-16-36-24)30(29(33)28(25)32)20-11-13-22(14-12-20)35-21-7-4-3-5-8-21/h3-17,26,31H,1-2H3/b27-25-. The minimum Gasteiger partial charge on any atom is -0.507 e. The number of para-hydroxylation sites is 1. The average molecular weight is 498 g/mol. The van der Waals surface area contributed by atoms with Gasteiger partial charge in [-0.1, -0.05) is 24.3 Å². The van der Waals surface area contributed by atoms with Crippen LogP contribution in [0.4, 0.5) is 5.69 Å².